The Bertz CT molecular complexity index is 1050. The van der Waals surface area contributed by atoms with Gasteiger partial charge < -0.3 is 14.2 Å². The number of piperazine rings is 1. The first-order chi connectivity index (χ1) is 15.6. The summed E-state index contributed by atoms with van der Waals surface area (Å²) in [6, 6.07) is 15.8. The number of aromatic nitrogens is 2. The van der Waals surface area contributed by atoms with Crippen molar-refractivity contribution in [1.82, 2.24) is 19.9 Å². The third kappa shape index (κ3) is 5.42. The molecule has 32 heavy (non-hydrogen) atoms. The largest absolute Gasteiger partial charge is 0.497 e. The second-order valence-electron chi connectivity index (χ2n) is 7.77. The van der Waals surface area contributed by atoms with Crippen LogP contribution >= 0.6 is 0 Å². The fraction of sp³-hybridized carbons (Fsp3) is 0.320. The summed E-state index contributed by atoms with van der Waals surface area (Å²) in [5, 5.41) is 4.09. The number of amides is 1. The Morgan fingerprint density at radius 3 is 2.44 bits per heavy atom. The quantitative estimate of drug-likeness (QED) is 0.531. The van der Waals surface area contributed by atoms with Crippen molar-refractivity contribution in [2.24, 2.45) is 0 Å². The van der Waals surface area contributed by atoms with E-state index in [-0.39, 0.29) is 5.91 Å². The van der Waals surface area contributed by atoms with Crippen LogP contribution in [-0.4, -0.2) is 59.1 Å². The molecule has 7 nitrogen and oxygen atoms in total. The number of methoxy groups -OCH3 is 1. The van der Waals surface area contributed by atoms with E-state index in [1.54, 1.807) is 13.2 Å². The van der Waals surface area contributed by atoms with Crippen molar-refractivity contribution >= 4 is 12.0 Å². The van der Waals surface area contributed by atoms with Crippen molar-refractivity contribution in [3.05, 3.63) is 71.6 Å². The fourth-order valence-electron chi connectivity index (χ4n) is 3.63. The number of carbonyl (C=O) groups is 1. The summed E-state index contributed by atoms with van der Waals surface area (Å²) in [5.41, 5.74) is 3.22. The Morgan fingerprint density at radius 2 is 1.78 bits per heavy atom. The van der Waals surface area contributed by atoms with Crippen molar-refractivity contribution in [1.29, 1.82) is 0 Å². The minimum Gasteiger partial charge on any atom is -0.497 e. The zero-order valence-electron chi connectivity index (χ0n) is 18.5. The minimum atomic E-state index is 0.0452. The maximum Gasteiger partial charge on any atom is 0.246 e. The average molecular weight is 433 g/mol. The van der Waals surface area contributed by atoms with Gasteiger partial charge in [0, 0.05) is 37.8 Å². The summed E-state index contributed by atoms with van der Waals surface area (Å²) in [6.07, 6.45) is 4.56. The van der Waals surface area contributed by atoms with Crippen LogP contribution < -0.4 is 4.74 Å². The summed E-state index contributed by atoms with van der Waals surface area (Å²) in [5.74, 6) is 1.97. The van der Waals surface area contributed by atoms with Crippen LogP contribution in [0.15, 0.2) is 59.1 Å². The molecule has 0 atom stereocenters. The maximum atomic E-state index is 12.5. The highest BCUT2D eigenvalue weighted by molar-refractivity contribution is 5.91. The zero-order chi connectivity index (χ0) is 22.3. The Morgan fingerprint density at radius 1 is 1.06 bits per heavy atom. The number of ether oxygens (including phenoxy) is 1. The summed E-state index contributed by atoms with van der Waals surface area (Å²) in [4.78, 5) is 21.1. The van der Waals surface area contributed by atoms with Gasteiger partial charge in [-0.1, -0.05) is 36.3 Å². The normalized spacial score (nSPS) is 14.8. The first kappa shape index (κ1) is 21.8. The third-order valence-corrected chi connectivity index (χ3v) is 5.67. The molecule has 0 N–H and O–H groups in total. The topological polar surface area (TPSA) is 71.7 Å². The summed E-state index contributed by atoms with van der Waals surface area (Å²) in [7, 11) is 1.64. The van der Waals surface area contributed by atoms with Gasteiger partial charge in [0.05, 0.1) is 13.7 Å². The van der Waals surface area contributed by atoms with Crippen molar-refractivity contribution < 1.29 is 14.1 Å². The van der Waals surface area contributed by atoms with E-state index in [2.05, 4.69) is 34.1 Å². The van der Waals surface area contributed by atoms with Gasteiger partial charge in [0.25, 0.3) is 0 Å². The van der Waals surface area contributed by atoms with Gasteiger partial charge in [-0.3, -0.25) is 9.69 Å². The first-order valence-corrected chi connectivity index (χ1v) is 10.9. The standard InChI is InChI=1S/C25H28N4O3/c1-3-19-4-6-20(7-5-19)8-13-24(30)29-16-14-28(15-17-29)18-23-26-25(27-32-23)21-9-11-22(31-2)12-10-21/h4-13H,3,14-18H2,1-2H3. The third-order valence-electron chi connectivity index (χ3n) is 5.67. The molecule has 1 amide bonds. The molecule has 2 aromatic carbocycles. The van der Waals surface area contributed by atoms with Crippen molar-refractivity contribution in [2.45, 2.75) is 19.9 Å². The fourth-order valence-corrected chi connectivity index (χ4v) is 3.63. The second kappa shape index (κ2) is 10.2. The average Bonchev–Trinajstić information content (AvgIpc) is 3.32. The molecule has 0 bridgehead atoms. The number of benzene rings is 2. The molecular weight excluding hydrogens is 404 g/mol. The van der Waals surface area contributed by atoms with E-state index in [1.165, 1.54) is 5.56 Å². The van der Waals surface area contributed by atoms with Gasteiger partial charge >= 0.3 is 0 Å². The molecule has 0 saturated carbocycles. The van der Waals surface area contributed by atoms with Crippen LogP contribution in [0.3, 0.4) is 0 Å². The highest BCUT2D eigenvalue weighted by atomic mass is 16.5. The first-order valence-electron chi connectivity index (χ1n) is 10.9. The zero-order valence-corrected chi connectivity index (χ0v) is 18.5. The highest BCUT2D eigenvalue weighted by Gasteiger charge is 2.21. The van der Waals surface area contributed by atoms with Gasteiger partial charge in [-0.05, 0) is 47.9 Å². The molecule has 2 heterocycles. The number of hydrogen-bond acceptors (Lipinski definition) is 6. The molecule has 0 aliphatic carbocycles. The number of rotatable bonds is 7. The molecule has 4 rings (SSSR count). The summed E-state index contributed by atoms with van der Waals surface area (Å²) >= 11 is 0. The predicted molar refractivity (Wildman–Crippen MR) is 123 cm³/mol. The number of hydrogen-bond donors (Lipinski definition) is 0. The minimum absolute atomic E-state index is 0.0452. The Kier molecular flexibility index (Phi) is 6.97. The molecule has 3 aromatic rings. The van der Waals surface area contributed by atoms with E-state index in [4.69, 9.17) is 9.26 Å². The van der Waals surface area contributed by atoms with Crippen molar-refractivity contribution in [3.8, 4) is 17.1 Å². The van der Waals surface area contributed by atoms with Crippen LogP contribution in [0, 0.1) is 0 Å². The molecule has 1 saturated heterocycles. The second-order valence-corrected chi connectivity index (χ2v) is 7.77. The van der Waals surface area contributed by atoms with Crippen LogP contribution in [-0.2, 0) is 17.8 Å². The molecule has 1 aliphatic heterocycles. The van der Waals surface area contributed by atoms with Crippen LogP contribution in [0.4, 0.5) is 0 Å². The molecule has 0 spiro atoms. The van der Waals surface area contributed by atoms with E-state index < -0.39 is 0 Å². The number of carbonyl (C=O) groups excluding carboxylic acids is 1. The van der Waals surface area contributed by atoms with Gasteiger partial charge in [-0.2, -0.15) is 4.98 Å². The van der Waals surface area contributed by atoms with Crippen LogP contribution in [0.25, 0.3) is 17.5 Å². The van der Waals surface area contributed by atoms with Crippen LogP contribution in [0.5, 0.6) is 5.75 Å². The summed E-state index contributed by atoms with van der Waals surface area (Å²) in [6.45, 7) is 5.60. The van der Waals surface area contributed by atoms with E-state index >= 15 is 0 Å². The Balaban J connectivity index is 1.26. The SMILES string of the molecule is CCc1ccc(C=CC(=O)N2CCN(Cc3nc(-c4ccc(OC)cc4)no3)CC2)cc1. The van der Waals surface area contributed by atoms with Gasteiger partial charge in [-0.25, -0.2) is 0 Å². The summed E-state index contributed by atoms with van der Waals surface area (Å²) < 4.78 is 10.6. The predicted octanol–water partition coefficient (Wildman–Crippen LogP) is 3.67. The van der Waals surface area contributed by atoms with E-state index in [0.29, 0.717) is 31.3 Å². The lowest BCUT2D eigenvalue weighted by atomic mass is 10.1. The monoisotopic (exact) mass is 432 g/mol. The molecule has 0 radical (unpaired) electrons. The van der Waals surface area contributed by atoms with E-state index in [1.807, 2.05) is 47.4 Å². The van der Waals surface area contributed by atoms with Crippen LogP contribution in [0.2, 0.25) is 0 Å². The Labute approximate surface area is 188 Å². The van der Waals surface area contributed by atoms with Gasteiger partial charge in [-0.15, -0.1) is 0 Å². The van der Waals surface area contributed by atoms with Crippen LogP contribution in [0.1, 0.15) is 23.9 Å². The van der Waals surface area contributed by atoms with E-state index in [0.717, 1.165) is 36.4 Å². The van der Waals surface area contributed by atoms with E-state index in [9.17, 15) is 4.79 Å². The lowest BCUT2D eigenvalue weighted by Crippen LogP contribution is -2.47. The molecule has 7 heteroatoms. The lowest BCUT2D eigenvalue weighted by Gasteiger charge is -2.33. The van der Waals surface area contributed by atoms with Crippen molar-refractivity contribution in [2.75, 3.05) is 33.3 Å². The molecule has 1 fully saturated rings. The highest BCUT2D eigenvalue weighted by Crippen LogP contribution is 2.20. The van der Waals surface area contributed by atoms with Gasteiger partial charge in [0.1, 0.15) is 5.75 Å². The Hall–Kier alpha value is -3.45. The van der Waals surface area contributed by atoms with Crippen molar-refractivity contribution in [3.63, 3.8) is 0 Å². The number of aryl methyl sites for hydroxylation is 1. The van der Waals surface area contributed by atoms with Gasteiger partial charge in [0.2, 0.25) is 17.6 Å². The maximum absolute atomic E-state index is 12.5. The smallest absolute Gasteiger partial charge is 0.246 e. The molecular formula is C25H28N4O3. The lowest BCUT2D eigenvalue weighted by molar-refractivity contribution is -0.127. The molecule has 1 aromatic heterocycles. The molecule has 1 aliphatic rings. The molecule has 166 valence electrons. The number of nitrogens with zero attached hydrogens (tertiary/aromatic N) is 4. The molecule has 0 unspecified atom stereocenters. The van der Waals surface area contributed by atoms with Gasteiger partial charge in [0.15, 0.2) is 0 Å².